The van der Waals surface area contributed by atoms with Crippen molar-refractivity contribution in [1.82, 2.24) is 5.32 Å². The van der Waals surface area contributed by atoms with Crippen LogP contribution in [0.5, 0.6) is 5.75 Å². The smallest absolute Gasteiger partial charge is 0.305 e. The van der Waals surface area contributed by atoms with Crippen LogP contribution >= 0.6 is 0 Å². The highest BCUT2D eigenvalue weighted by Crippen LogP contribution is 2.28. The number of piperazine rings is 1. The molecule has 2 rings (SSSR count). The van der Waals surface area contributed by atoms with Crippen LogP contribution in [0.2, 0.25) is 0 Å². The number of para-hydroxylation sites is 2. The van der Waals surface area contributed by atoms with Crippen LogP contribution in [0.1, 0.15) is 12.8 Å². The summed E-state index contributed by atoms with van der Waals surface area (Å²) in [7, 11) is 3.12. The average Bonchev–Trinajstić information content (AvgIpc) is 2.52. The van der Waals surface area contributed by atoms with Crippen molar-refractivity contribution in [2.75, 3.05) is 38.8 Å². The molecule has 0 radical (unpaired) electrons. The Balaban J connectivity index is 1.97. The van der Waals surface area contributed by atoms with Crippen LogP contribution in [0.3, 0.4) is 0 Å². The highest BCUT2D eigenvalue weighted by Gasteiger charge is 2.22. The summed E-state index contributed by atoms with van der Waals surface area (Å²) in [6.07, 6.45) is 1.24. The van der Waals surface area contributed by atoms with Crippen LogP contribution in [-0.2, 0) is 9.53 Å². The van der Waals surface area contributed by atoms with Crippen molar-refractivity contribution >= 4 is 11.7 Å². The fourth-order valence-corrected chi connectivity index (χ4v) is 2.52. The third-order valence-corrected chi connectivity index (χ3v) is 3.61. The molecule has 5 heteroatoms. The molecule has 1 aromatic rings. The first-order valence-corrected chi connectivity index (χ1v) is 6.92. The van der Waals surface area contributed by atoms with Gasteiger partial charge in [-0.3, -0.25) is 4.79 Å². The second-order valence-corrected chi connectivity index (χ2v) is 4.88. The van der Waals surface area contributed by atoms with E-state index >= 15 is 0 Å². The van der Waals surface area contributed by atoms with Crippen molar-refractivity contribution in [3.8, 4) is 5.75 Å². The predicted octanol–water partition coefficient (Wildman–Crippen LogP) is 1.43. The molecule has 0 aliphatic carbocycles. The molecule has 0 amide bonds. The fraction of sp³-hybridized carbons (Fsp3) is 0.533. The van der Waals surface area contributed by atoms with Gasteiger partial charge in [-0.2, -0.15) is 0 Å². The lowest BCUT2D eigenvalue weighted by molar-refractivity contribution is -0.140. The first-order valence-electron chi connectivity index (χ1n) is 6.92. The number of nitrogens with zero attached hydrogens (tertiary/aromatic N) is 1. The zero-order valence-electron chi connectivity index (χ0n) is 12.1. The minimum atomic E-state index is -0.152. The van der Waals surface area contributed by atoms with Gasteiger partial charge in [-0.15, -0.1) is 0 Å². The van der Waals surface area contributed by atoms with Gasteiger partial charge in [-0.25, -0.2) is 0 Å². The van der Waals surface area contributed by atoms with Crippen LogP contribution in [-0.4, -0.2) is 45.9 Å². The van der Waals surface area contributed by atoms with E-state index in [1.165, 1.54) is 7.11 Å². The summed E-state index contributed by atoms with van der Waals surface area (Å²) < 4.78 is 10.1. The first kappa shape index (κ1) is 14.7. The molecule has 5 nitrogen and oxygen atoms in total. The van der Waals surface area contributed by atoms with Gasteiger partial charge in [0.25, 0.3) is 0 Å². The third kappa shape index (κ3) is 3.63. The number of benzene rings is 1. The molecular weight excluding hydrogens is 256 g/mol. The number of esters is 1. The number of rotatable bonds is 5. The Bertz CT molecular complexity index is 450. The van der Waals surface area contributed by atoms with Gasteiger partial charge in [0.15, 0.2) is 0 Å². The molecule has 1 saturated heterocycles. The van der Waals surface area contributed by atoms with Gasteiger partial charge >= 0.3 is 5.97 Å². The van der Waals surface area contributed by atoms with E-state index in [0.29, 0.717) is 12.5 Å². The Morgan fingerprint density at radius 1 is 1.40 bits per heavy atom. The Hall–Kier alpha value is -1.75. The second-order valence-electron chi connectivity index (χ2n) is 4.88. The Morgan fingerprint density at radius 3 is 2.95 bits per heavy atom. The summed E-state index contributed by atoms with van der Waals surface area (Å²) >= 11 is 0. The third-order valence-electron chi connectivity index (χ3n) is 3.61. The van der Waals surface area contributed by atoms with Gasteiger partial charge in [-0.05, 0) is 18.6 Å². The van der Waals surface area contributed by atoms with E-state index in [9.17, 15) is 4.79 Å². The van der Waals surface area contributed by atoms with Gasteiger partial charge in [0.05, 0.1) is 19.9 Å². The number of hydrogen-bond donors (Lipinski definition) is 1. The maximum Gasteiger partial charge on any atom is 0.305 e. The Morgan fingerprint density at radius 2 is 2.20 bits per heavy atom. The van der Waals surface area contributed by atoms with Crippen molar-refractivity contribution in [2.24, 2.45) is 0 Å². The molecule has 110 valence electrons. The molecule has 1 heterocycles. The number of hydrogen-bond acceptors (Lipinski definition) is 5. The topological polar surface area (TPSA) is 50.8 Å². The summed E-state index contributed by atoms with van der Waals surface area (Å²) in [6.45, 7) is 2.72. The summed E-state index contributed by atoms with van der Waals surface area (Å²) in [6, 6.07) is 8.33. The first-order chi connectivity index (χ1) is 9.74. The Labute approximate surface area is 119 Å². The van der Waals surface area contributed by atoms with E-state index in [1.807, 2.05) is 18.2 Å². The van der Waals surface area contributed by atoms with E-state index in [2.05, 4.69) is 21.0 Å². The zero-order valence-corrected chi connectivity index (χ0v) is 12.1. The normalized spacial score (nSPS) is 18.7. The molecule has 1 aromatic carbocycles. The molecule has 1 unspecified atom stereocenters. The van der Waals surface area contributed by atoms with Crippen molar-refractivity contribution in [2.45, 2.75) is 18.9 Å². The van der Waals surface area contributed by atoms with Crippen molar-refractivity contribution < 1.29 is 14.3 Å². The molecule has 1 aliphatic heterocycles. The van der Waals surface area contributed by atoms with E-state index < -0.39 is 0 Å². The highest BCUT2D eigenvalue weighted by molar-refractivity contribution is 5.69. The highest BCUT2D eigenvalue weighted by atomic mass is 16.5. The summed E-state index contributed by atoms with van der Waals surface area (Å²) in [5.41, 5.74) is 1.11. The van der Waals surface area contributed by atoms with Crippen molar-refractivity contribution in [3.63, 3.8) is 0 Å². The molecule has 1 fully saturated rings. The minimum absolute atomic E-state index is 0.152. The number of ether oxygens (including phenoxy) is 2. The number of methoxy groups -OCH3 is 2. The van der Waals surface area contributed by atoms with Gasteiger partial charge < -0.3 is 19.7 Å². The standard InChI is InChI=1S/C15H22N2O3/c1-19-14-6-4-3-5-13(14)17-10-9-16-12(11-17)7-8-15(18)20-2/h3-6,12,16H,7-11H2,1-2H3. The number of anilines is 1. The SMILES string of the molecule is COC(=O)CCC1CN(c2ccccc2OC)CCN1. The predicted molar refractivity (Wildman–Crippen MR) is 78.2 cm³/mol. The van der Waals surface area contributed by atoms with E-state index in [1.54, 1.807) is 7.11 Å². The van der Waals surface area contributed by atoms with Crippen LogP contribution in [0.4, 0.5) is 5.69 Å². The van der Waals surface area contributed by atoms with Crippen LogP contribution in [0.15, 0.2) is 24.3 Å². The van der Waals surface area contributed by atoms with E-state index in [-0.39, 0.29) is 5.97 Å². The van der Waals surface area contributed by atoms with Crippen LogP contribution in [0, 0.1) is 0 Å². The molecule has 20 heavy (non-hydrogen) atoms. The van der Waals surface area contributed by atoms with E-state index in [4.69, 9.17) is 4.74 Å². The lowest BCUT2D eigenvalue weighted by atomic mass is 10.1. The molecule has 0 aromatic heterocycles. The van der Waals surface area contributed by atoms with Gasteiger partial charge in [0.2, 0.25) is 0 Å². The maximum atomic E-state index is 11.2. The molecule has 0 saturated carbocycles. The monoisotopic (exact) mass is 278 g/mol. The quantitative estimate of drug-likeness (QED) is 0.826. The largest absolute Gasteiger partial charge is 0.495 e. The molecule has 1 N–H and O–H groups in total. The molecule has 1 atom stereocenters. The molecule has 0 spiro atoms. The second kappa shape index (κ2) is 7.14. The Kier molecular flexibility index (Phi) is 5.24. The van der Waals surface area contributed by atoms with Gasteiger partial charge in [0.1, 0.15) is 5.75 Å². The number of carbonyl (C=O) groups is 1. The molecule has 0 bridgehead atoms. The lowest BCUT2D eigenvalue weighted by Gasteiger charge is -2.35. The lowest BCUT2D eigenvalue weighted by Crippen LogP contribution is -2.51. The maximum absolute atomic E-state index is 11.2. The van der Waals surface area contributed by atoms with Crippen molar-refractivity contribution in [3.05, 3.63) is 24.3 Å². The average molecular weight is 278 g/mol. The van der Waals surface area contributed by atoms with Crippen molar-refractivity contribution in [1.29, 1.82) is 0 Å². The summed E-state index contributed by atoms with van der Waals surface area (Å²) in [5, 5.41) is 3.45. The number of nitrogens with one attached hydrogen (secondary N) is 1. The van der Waals surface area contributed by atoms with Gasteiger partial charge in [0, 0.05) is 32.1 Å². The van der Waals surface area contributed by atoms with Gasteiger partial charge in [-0.1, -0.05) is 12.1 Å². The summed E-state index contributed by atoms with van der Waals surface area (Å²) in [5.74, 6) is 0.738. The number of carbonyl (C=O) groups excluding carboxylic acids is 1. The van der Waals surface area contributed by atoms with Crippen LogP contribution < -0.4 is 15.0 Å². The van der Waals surface area contributed by atoms with Crippen LogP contribution in [0.25, 0.3) is 0 Å². The minimum Gasteiger partial charge on any atom is -0.495 e. The fourth-order valence-electron chi connectivity index (χ4n) is 2.52. The molecular formula is C15H22N2O3. The van der Waals surface area contributed by atoms with E-state index in [0.717, 1.165) is 37.5 Å². The zero-order chi connectivity index (χ0) is 14.4. The molecule has 1 aliphatic rings. The summed E-state index contributed by atoms with van der Waals surface area (Å²) in [4.78, 5) is 13.5.